The van der Waals surface area contributed by atoms with Crippen molar-refractivity contribution >= 4 is 11.7 Å². The van der Waals surface area contributed by atoms with Gasteiger partial charge in [0.25, 0.3) is 0 Å². The highest BCUT2D eigenvalue weighted by atomic mass is 16.2. The Kier molecular flexibility index (Phi) is 7.64. The van der Waals surface area contributed by atoms with Crippen LogP contribution in [-0.4, -0.2) is 59.5 Å². The summed E-state index contributed by atoms with van der Waals surface area (Å²) < 4.78 is 0. The molecular weight excluding hydrogens is 362 g/mol. The molecule has 1 aromatic rings. The first kappa shape index (κ1) is 21.8. The molecule has 6 nitrogen and oxygen atoms in total. The first-order valence-corrected chi connectivity index (χ1v) is 11.2. The van der Waals surface area contributed by atoms with E-state index in [0.29, 0.717) is 5.92 Å². The van der Waals surface area contributed by atoms with Crippen molar-refractivity contribution in [3.05, 3.63) is 29.2 Å². The van der Waals surface area contributed by atoms with Crippen molar-refractivity contribution < 1.29 is 4.79 Å². The number of aryl methyl sites for hydroxylation is 1. The van der Waals surface area contributed by atoms with Gasteiger partial charge in [-0.25, -0.2) is 9.97 Å². The lowest BCUT2D eigenvalue weighted by atomic mass is 9.97. The number of aromatic nitrogens is 2. The standard InChI is InChI=1S/C23H37N5O/c1-17(2)22-25-18(3)16-21(26-22)28-14-12-27(13-15-28)19(4)23(29)24-11-10-20-8-6-5-7-9-20/h8,16-17,19H,5-7,9-15H2,1-4H3,(H,24,29)/t19-/m0/s1. The Balaban J connectivity index is 1.47. The average molecular weight is 400 g/mol. The third-order valence-electron chi connectivity index (χ3n) is 6.07. The van der Waals surface area contributed by atoms with Crippen molar-refractivity contribution in [2.24, 2.45) is 0 Å². The highest BCUT2D eigenvalue weighted by Gasteiger charge is 2.26. The molecule has 1 saturated heterocycles. The van der Waals surface area contributed by atoms with Gasteiger partial charge in [-0.1, -0.05) is 25.5 Å². The van der Waals surface area contributed by atoms with E-state index in [9.17, 15) is 4.79 Å². The molecule has 2 aliphatic rings. The molecule has 1 N–H and O–H groups in total. The Bertz CT molecular complexity index is 722. The van der Waals surface area contributed by atoms with Crippen molar-refractivity contribution in [3.8, 4) is 0 Å². The van der Waals surface area contributed by atoms with E-state index >= 15 is 0 Å². The van der Waals surface area contributed by atoms with Gasteiger partial charge in [0.1, 0.15) is 11.6 Å². The number of allylic oxidation sites excluding steroid dienone is 1. The second-order valence-electron chi connectivity index (χ2n) is 8.73. The van der Waals surface area contributed by atoms with E-state index in [0.717, 1.165) is 56.5 Å². The quantitative estimate of drug-likeness (QED) is 0.712. The summed E-state index contributed by atoms with van der Waals surface area (Å²) >= 11 is 0. The Morgan fingerprint density at radius 1 is 1.14 bits per heavy atom. The molecule has 29 heavy (non-hydrogen) atoms. The summed E-state index contributed by atoms with van der Waals surface area (Å²) in [5, 5.41) is 3.14. The van der Waals surface area contributed by atoms with Crippen LogP contribution in [0.15, 0.2) is 17.7 Å². The molecule has 0 saturated carbocycles. The molecule has 3 rings (SSSR count). The highest BCUT2D eigenvalue weighted by molar-refractivity contribution is 5.81. The lowest BCUT2D eigenvalue weighted by molar-refractivity contribution is -0.125. The molecule has 0 spiro atoms. The minimum atomic E-state index is -0.0872. The smallest absolute Gasteiger partial charge is 0.237 e. The van der Waals surface area contributed by atoms with Gasteiger partial charge in [-0.15, -0.1) is 0 Å². The van der Waals surface area contributed by atoms with Crippen molar-refractivity contribution in [2.75, 3.05) is 37.6 Å². The number of rotatable bonds is 7. The van der Waals surface area contributed by atoms with E-state index in [-0.39, 0.29) is 11.9 Å². The van der Waals surface area contributed by atoms with Crippen molar-refractivity contribution in [1.29, 1.82) is 0 Å². The Morgan fingerprint density at radius 2 is 1.90 bits per heavy atom. The fourth-order valence-electron chi connectivity index (χ4n) is 4.12. The van der Waals surface area contributed by atoms with E-state index in [1.54, 1.807) is 0 Å². The fourth-order valence-corrected chi connectivity index (χ4v) is 4.12. The number of piperazine rings is 1. The molecule has 0 radical (unpaired) electrons. The summed E-state index contributed by atoms with van der Waals surface area (Å²) in [7, 11) is 0. The van der Waals surface area contributed by atoms with E-state index in [2.05, 4.69) is 46.1 Å². The molecule has 160 valence electrons. The lowest BCUT2D eigenvalue weighted by Crippen LogP contribution is -2.54. The third-order valence-corrected chi connectivity index (χ3v) is 6.07. The predicted molar refractivity (Wildman–Crippen MR) is 118 cm³/mol. The van der Waals surface area contributed by atoms with Gasteiger partial charge in [0, 0.05) is 50.4 Å². The van der Waals surface area contributed by atoms with Gasteiger partial charge >= 0.3 is 0 Å². The molecule has 1 atom stereocenters. The van der Waals surface area contributed by atoms with Gasteiger partial charge in [-0.2, -0.15) is 0 Å². The van der Waals surface area contributed by atoms with Gasteiger partial charge in [0.2, 0.25) is 5.91 Å². The number of nitrogens with one attached hydrogen (secondary N) is 1. The molecule has 1 aliphatic heterocycles. The Morgan fingerprint density at radius 3 is 2.55 bits per heavy atom. The summed E-state index contributed by atoms with van der Waals surface area (Å²) in [6.07, 6.45) is 8.37. The van der Waals surface area contributed by atoms with Crippen molar-refractivity contribution in [1.82, 2.24) is 20.2 Å². The number of carbonyl (C=O) groups is 1. The van der Waals surface area contributed by atoms with Gasteiger partial charge in [0.05, 0.1) is 6.04 Å². The predicted octanol–water partition coefficient (Wildman–Crippen LogP) is 3.43. The van der Waals surface area contributed by atoms with Crippen LogP contribution in [0.2, 0.25) is 0 Å². The molecule has 1 aliphatic carbocycles. The first-order chi connectivity index (χ1) is 13.9. The topological polar surface area (TPSA) is 61.4 Å². The van der Waals surface area contributed by atoms with Crippen LogP contribution in [0.1, 0.15) is 70.3 Å². The largest absolute Gasteiger partial charge is 0.354 e. The third kappa shape index (κ3) is 6.01. The van der Waals surface area contributed by atoms with Crippen molar-refractivity contribution in [2.45, 2.75) is 71.8 Å². The highest BCUT2D eigenvalue weighted by Crippen LogP contribution is 2.20. The normalized spacial score (nSPS) is 19.2. The zero-order chi connectivity index (χ0) is 20.8. The first-order valence-electron chi connectivity index (χ1n) is 11.2. The van der Waals surface area contributed by atoms with Crippen LogP contribution in [0.5, 0.6) is 0 Å². The number of nitrogens with zero attached hydrogens (tertiary/aromatic N) is 4. The van der Waals surface area contributed by atoms with E-state index in [1.165, 1.54) is 31.3 Å². The zero-order valence-corrected chi connectivity index (χ0v) is 18.6. The van der Waals surface area contributed by atoms with Crippen LogP contribution in [0.3, 0.4) is 0 Å². The number of hydrogen-bond donors (Lipinski definition) is 1. The second kappa shape index (κ2) is 10.2. The number of carbonyl (C=O) groups excluding carboxylic acids is 1. The van der Waals surface area contributed by atoms with Crippen LogP contribution in [0.4, 0.5) is 5.82 Å². The molecule has 1 aromatic heterocycles. The van der Waals surface area contributed by atoms with Crippen LogP contribution in [0.25, 0.3) is 0 Å². The maximum absolute atomic E-state index is 12.6. The maximum atomic E-state index is 12.6. The molecule has 0 unspecified atom stereocenters. The minimum Gasteiger partial charge on any atom is -0.354 e. The lowest BCUT2D eigenvalue weighted by Gasteiger charge is -2.38. The average Bonchev–Trinajstić information content (AvgIpc) is 2.73. The molecule has 2 heterocycles. The summed E-state index contributed by atoms with van der Waals surface area (Å²) in [5.41, 5.74) is 2.53. The van der Waals surface area contributed by atoms with Crippen LogP contribution in [0, 0.1) is 6.92 Å². The molecular formula is C23H37N5O. The number of hydrogen-bond acceptors (Lipinski definition) is 5. The van der Waals surface area contributed by atoms with E-state index in [4.69, 9.17) is 4.98 Å². The minimum absolute atomic E-state index is 0.0872. The molecule has 1 fully saturated rings. The second-order valence-corrected chi connectivity index (χ2v) is 8.73. The Hall–Kier alpha value is -1.95. The maximum Gasteiger partial charge on any atom is 0.237 e. The number of anilines is 1. The molecule has 6 heteroatoms. The van der Waals surface area contributed by atoms with Crippen molar-refractivity contribution in [3.63, 3.8) is 0 Å². The summed E-state index contributed by atoms with van der Waals surface area (Å²) in [6, 6.07) is 1.98. The monoisotopic (exact) mass is 399 g/mol. The summed E-state index contributed by atoms with van der Waals surface area (Å²) in [6.45, 7) is 12.6. The van der Waals surface area contributed by atoms with Crippen LogP contribution >= 0.6 is 0 Å². The van der Waals surface area contributed by atoms with Gasteiger partial charge in [0.15, 0.2) is 0 Å². The summed E-state index contributed by atoms with van der Waals surface area (Å²) in [4.78, 5) is 26.5. The SMILES string of the molecule is Cc1cc(N2CCN([C@@H](C)C(=O)NCCC3=CCCCC3)CC2)nc(C(C)C)n1. The molecule has 0 aromatic carbocycles. The van der Waals surface area contributed by atoms with Crippen LogP contribution < -0.4 is 10.2 Å². The van der Waals surface area contributed by atoms with Gasteiger partial charge in [-0.05, 0) is 46.0 Å². The summed E-state index contributed by atoms with van der Waals surface area (Å²) in [5.74, 6) is 2.39. The van der Waals surface area contributed by atoms with E-state index < -0.39 is 0 Å². The fraction of sp³-hybridized carbons (Fsp3) is 0.696. The van der Waals surface area contributed by atoms with Gasteiger partial charge < -0.3 is 10.2 Å². The molecule has 1 amide bonds. The molecule has 0 bridgehead atoms. The van der Waals surface area contributed by atoms with Crippen LogP contribution in [-0.2, 0) is 4.79 Å². The number of amides is 1. The Labute approximate surface area is 175 Å². The van der Waals surface area contributed by atoms with E-state index in [1.807, 2.05) is 13.8 Å². The zero-order valence-electron chi connectivity index (χ0n) is 18.6. The van der Waals surface area contributed by atoms with Gasteiger partial charge in [-0.3, -0.25) is 9.69 Å².